The van der Waals surface area contributed by atoms with Crippen LogP contribution in [0.2, 0.25) is 0 Å². The van der Waals surface area contributed by atoms with E-state index in [-0.39, 0.29) is 5.69 Å². The van der Waals surface area contributed by atoms with Crippen LogP contribution in [0.3, 0.4) is 0 Å². The Morgan fingerprint density at radius 2 is 2.00 bits per heavy atom. The molecule has 1 saturated carbocycles. The average Bonchev–Trinajstić information content (AvgIpc) is 3.10. The Balaban J connectivity index is 2.22. The number of benzene rings is 1. The standard InChI is InChI=1S/C16H23F3N2/c1-4-20-9-12-5-6-15(14(8-12)16(17,18)19)21(3)10-13-7-11(13)2/h5-6,8,11,13,20H,4,7,9-10H2,1-3H3. The molecule has 2 rings (SSSR count). The number of anilines is 1. The van der Waals surface area contributed by atoms with Gasteiger partial charge in [-0.2, -0.15) is 13.2 Å². The first-order chi connectivity index (χ1) is 9.82. The number of nitrogens with zero attached hydrogens (tertiary/aromatic N) is 1. The maximum Gasteiger partial charge on any atom is 0.418 e. The largest absolute Gasteiger partial charge is 0.418 e. The first-order valence-corrected chi connectivity index (χ1v) is 7.45. The zero-order chi connectivity index (χ0) is 15.6. The summed E-state index contributed by atoms with van der Waals surface area (Å²) < 4.78 is 39.9. The third kappa shape index (κ3) is 4.13. The molecule has 1 aromatic carbocycles. The first-order valence-electron chi connectivity index (χ1n) is 7.45. The predicted octanol–water partition coefficient (Wildman–Crippen LogP) is 3.91. The summed E-state index contributed by atoms with van der Waals surface area (Å²) in [6.45, 7) is 5.97. The van der Waals surface area contributed by atoms with E-state index in [1.807, 2.05) is 6.92 Å². The second kappa shape index (κ2) is 6.26. The molecule has 0 saturated heterocycles. The molecule has 2 atom stereocenters. The Bertz CT molecular complexity index is 485. The van der Waals surface area contributed by atoms with Crippen LogP contribution in [-0.2, 0) is 12.7 Å². The molecule has 0 aliphatic heterocycles. The number of alkyl halides is 3. The van der Waals surface area contributed by atoms with Gasteiger partial charge in [0.05, 0.1) is 5.56 Å². The fourth-order valence-corrected chi connectivity index (χ4v) is 2.63. The van der Waals surface area contributed by atoms with Crippen molar-refractivity contribution in [3.8, 4) is 0 Å². The van der Waals surface area contributed by atoms with Crippen molar-refractivity contribution in [1.29, 1.82) is 0 Å². The Morgan fingerprint density at radius 3 is 2.52 bits per heavy atom. The molecule has 0 heterocycles. The van der Waals surface area contributed by atoms with Crippen LogP contribution in [0.25, 0.3) is 0 Å². The molecule has 118 valence electrons. The highest BCUT2D eigenvalue weighted by Gasteiger charge is 2.37. The monoisotopic (exact) mass is 300 g/mol. The SMILES string of the molecule is CCNCc1ccc(N(C)CC2CC2C)c(C(F)(F)F)c1. The van der Waals surface area contributed by atoms with Crippen molar-refractivity contribution in [3.05, 3.63) is 29.3 Å². The summed E-state index contributed by atoms with van der Waals surface area (Å²) in [5.74, 6) is 1.16. The summed E-state index contributed by atoms with van der Waals surface area (Å²) in [6.07, 6.45) is -3.20. The molecular formula is C16H23F3N2. The van der Waals surface area contributed by atoms with Gasteiger partial charge in [0.2, 0.25) is 0 Å². The van der Waals surface area contributed by atoms with Crippen LogP contribution in [-0.4, -0.2) is 20.1 Å². The summed E-state index contributed by atoms with van der Waals surface area (Å²) in [4.78, 5) is 1.74. The fourth-order valence-electron chi connectivity index (χ4n) is 2.63. The van der Waals surface area contributed by atoms with Gasteiger partial charge in [-0.3, -0.25) is 0 Å². The van der Waals surface area contributed by atoms with Gasteiger partial charge in [0.25, 0.3) is 0 Å². The Hall–Kier alpha value is -1.23. The smallest absolute Gasteiger partial charge is 0.374 e. The maximum absolute atomic E-state index is 13.3. The Morgan fingerprint density at radius 1 is 1.33 bits per heavy atom. The molecule has 1 aromatic rings. The van der Waals surface area contributed by atoms with Gasteiger partial charge in [0.15, 0.2) is 0 Å². The van der Waals surface area contributed by atoms with Crippen LogP contribution in [0.15, 0.2) is 18.2 Å². The van der Waals surface area contributed by atoms with Gasteiger partial charge in [-0.15, -0.1) is 0 Å². The molecule has 1 fully saturated rings. The van der Waals surface area contributed by atoms with E-state index in [2.05, 4.69) is 12.2 Å². The third-order valence-corrected chi connectivity index (χ3v) is 4.14. The van der Waals surface area contributed by atoms with Crippen molar-refractivity contribution in [1.82, 2.24) is 5.32 Å². The minimum Gasteiger partial charge on any atom is -0.374 e. The van der Waals surface area contributed by atoms with Crippen molar-refractivity contribution >= 4 is 5.69 Å². The van der Waals surface area contributed by atoms with Crippen molar-refractivity contribution < 1.29 is 13.2 Å². The van der Waals surface area contributed by atoms with Gasteiger partial charge < -0.3 is 10.2 Å². The minimum absolute atomic E-state index is 0.279. The molecule has 5 heteroatoms. The fraction of sp³-hybridized carbons (Fsp3) is 0.625. The molecule has 1 aliphatic rings. The van der Waals surface area contributed by atoms with Gasteiger partial charge >= 0.3 is 6.18 Å². The lowest BCUT2D eigenvalue weighted by Gasteiger charge is -2.24. The van der Waals surface area contributed by atoms with Crippen LogP contribution >= 0.6 is 0 Å². The van der Waals surface area contributed by atoms with Crippen molar-refractivity contribution in [3.63, 3.8) is 0 Å². The van der Waals surface area contributed by atoms with Gasteiger partial charge in [0, 0.05) is 25.8 Å². The summed E-state index contributed by atoms with van der Waals surface area (Å²) in [5, 5.41) is 3.06. The maximum atomic E-state index is 13.3. The van der Waals surface area contributed by atoms with Crippen LogP contribution < -0.4 is 10.2 Å². The quantitative estimate of drug-likeness (QED) is 0.857. The second-order valence-electron chi connectivity index (χ2n) is 5.98. The predicted molar refractivity (Wildman–Crippen MR) is 79.4 cm³/mol. The highest BCUT2D eigenvalue weighted by molar-refractivity contribution is 5.56. The van der Waals surface area contributed by atoms with E-state index in [4.69, 9.17) is 0 Å². The van der Waals surface area contributed by atoms with Crippen molar-refractivity contribution in [2.45, 2.75) is 33.0 Å². The van der Waals surface area contributed by atoms with Crippen molar-refractivity contribution in [2.24, 2.45) is 11.8 Å². The number of hydrogen-bond acceptors (Lipinski definition) is 2. The molecule has 0 amide bonds. The zero-order valence-corrected chi connectivity index (χ0v) is 12.8. The van der Waals surface area contributed by atoms with E-state index in [1.165, 1.54) is 6.07 Å². The lowest BCUT2D eigenvalue weighted by molar-refractivity contribution is -0.137. The first kappa shape index (κ1) is 16.1. The van der Waals surface area contributed by atoms with E-state index >= 15 is 0 Å². The van der Waals surface area contributed by atoms with E-state index in [9.17, 15) is 13.2 Å². The highest BCUT2D eigenvalue weighted by atomic mass is 19.4. The van der Waals surface area contributed by atoms with E-state index in [0.717, 1.165) is 13.0 Å². The second-order valence-corrected chi connectivity index (χ2v) is 5.98. The van der Waals surface area contributed by atoms with Crippen LogP contribution in [0.5, 0.6) is 0 Å². The molecule has 0 spiro atoms. The minimum atomic E-state index is -4.32. The molecule has 1 aliphatic carbocycles. The van der Waals surface area contributed by atoms with E-state index in [0.29, 0.717) is 30.5 Å². The van der Waals surface area contributed by atoms with Gasteiger partial charge in [-0.25, -0.2) is 0 Å². The van der Waals surface area contributed by atoms with Gasteiger partial charge in [-0.1, -0.05) is 19.9 Å². The van der Waals surface area contributed by atoms with Crippen molar-refractivity contribution in [2.75, 3.05) is 25.0 Å². The summed E-state index contributed by atoms with van der Waals surface area (Å²) in [5.41, 5.74) is 0.414. The van der Waals surface area contributed by atoms with E-state index in [1.54, 1.807) is 24.1 Å². The number of hydrogen-bond donors (Lipinski definition) is 1. The lowest BCUT2D eigenvalue weighted by Crippen LogP contribution is -2.24. The van der Waals surface area contributed by atoms with Gasteiger partial charge in [-0.05, 0) is 42.5 Å². The highest BCUT2D eigenvalue weighted by Crippen LogP contribution is 2.41. The van der Waals surface area contributed by atoms with Crippen LogP contribution in [0.4, 0.5) is 18.9 Å². The molecule has 0 radical (unpaired) electrons. The molecule has 2 unspecified atom stereocenters. The normalized spacial score (nSPS) is 21.4. The topological polar surface area (TPSA) is 15.3 Å². The number of halogens is 3. The molecule has 2 nitrogen and oxygen atoms in total. The van der Waals surface area contributed by atoms with Gasteiger partial charge in [0.1, 0.15) is 0 Å². The van der Waals surface area contributed by atoms with Crippen LogP contribution in [0, 0.1) is 11.8 Å². The molecule has 21 heavy (non-hydrogen) atoms. The zero-order valence-electron chi connectivity index (χ0n) is 12.8. The number of rotatable bonds is 6. The molecule has 0 bridgehead atoms. The Kier molecular flexibility index (Phi) is 4.81. The molecule has 1 N–H and O–H groups in total. The summed E-state index contributed by atoms with van der Waals surface area (Å²) in [6, 6.07) is 4.65. The average molecular weight is 300 g/mol. The molecular weight excluding hydrogens is 277 g/mol. The summed E-state index contributed by atoms with van der Waals surface area (Å²) >= 11 is 0. The van der Waals surface area contributed by atoms with E-state index < -0.39 is 11.7 Å². The Labute approximate surface area is 124 Å². The van der Waals surface area contributed by atoms with Crippen LogP contribution in [0.1, 0.15) is 31.4 Å². The molecule has 0 aromatic heterocycles. The summed E-state index contributed by atoms with van der Waals surface area (Å²) in [7, 11) is 1.75. The number of nitrogens with one attached hydrogen (secondary N) is 1. The lowest BCUT2D eigenvalue weighted by atomic mass is 10.1. The third-order valence-electron chi connectivity index (χ3n) is 4.14.